The van der Waals surface area contributed by atoms with E-state index >= 15 is 0 Å². The van der Waals surface area contributed by atoms with Crippen molar-refractivity contribution >= 4 is 11.6 Å². The van der Waals surface area contributed by atoms with Crippen LogP contribution in [0.25, 0.3) is 0 Å². The first kappa shape index (κ1) is 13.0. The molecule has 0 fully saturated rings. The number of pyridine rings is 1. The fraction of sp³-hybridized carbons (Fsp3) is 0.417. The van der Waals surface area contributed by atoms with Gasteiger partial charge < -0.3 is 10.6 Å². The third-order valence-electron chi connectivity index (χ3n) is 2.15. The summed E-state index contributed by atoms with van der Waals surface area (Å²) in [6.45, 7) is 3.21. The molecule has 1 aromatic heterocycles. The van der Waals surface area contributed by atoms with Crippen LogP contribution in [0.15, 0.2) is 18.3 Å². The van der Waals surface area contributed by atoms with Gasteiger partial charge in [0, 0.05) is 25.7 Å². The Morgan fingerprint density at radius 3 is 3.06 bits per heavy atom. The van der Waals surface area contributed by atoms with E-state index in [9.17, 15) is 4.79 Å². The van der Waals surface area contributed by atoms with Crippen molar-refractivity contribution in [3.63, 3.8) is 0 Å². The summed E-state index contributed by atoms with van der Waals surface area (Å²) >= 11 is 0. The number of hydrogen-bond donors (Lipinski definition) is 2. The lowest BCUT2D eigenvalue weighted by Crippen LogP contribution is -2.25. The van der Waals surface area contributed by atoms with Gasteiger partial charge in [0.05, 0.1) is 5.69 Å². The number of hydrogen-bond acceptors (Lipinski definition) is 4. The zero-order chi connectivity index (χ0) is 12.5. The maximum absolute atomic E-state index is 11.3. The molecule has 17 heavy (non-hydrogen) atoms. The molecule has 0 radical (unpaired) electrons. The zero-order valence-corrected chi connectivity index (χ0v) is 9.86. The van der Waals surface area contributed by atoms with Gasteiger partial charge in [0.25, 0.3) is 0 Å². The first-order chi connectivity index (χ1) is 8.27. The van der Waals surface area contributed by atoms with Crippen LogP contribution in [0.2, 0.25) is 0 Å². The Morgan fingerprint density at radius 2 is 2.35 bits per heavy atom. The van der Waals surface area contributed by atoms with Gasteiger partial charge in [-0.25, -0.2) is 4.98 Å². The van der Waals surface area contributed by atoms with Crippen LogP contribution in [0.1, 0.15) is 25.5 Å². The number of aromatic nitrogens is 1. The Labute approximate surface area is 101 Å². The molecule has 0 spiro atoms. The van der Waals surface area contributed by atoms with E-state index in [1.54, 1.807) is 18.3 Å². The summed E-state index contributed by atoms with van der Waals surface area (Å²) in [5.74, 6) is 0.0155. The second kappa shape index (κ2) is 7.23. The summed E-state index contributed by atoms with van der Waals surface area (Å²) in [5.41, 5.74) is 1.01. The Hall–Kier alpha value is -2.09. The highest BCUT2D eigenvalue weighted by molar-refractivity contribution is 5.76. The smallest absolute Gasteiger partial charge is 0.221 e. The van der Waals surface area contributed by atoms with Gasteiger partial charge in [-0.1, -0.05) is 6.92 Å². The topological polar surface area (TPSA) is 77.8 Å². The van der Waals surface area contributed by atoms with Crippen molar-refractivity contribution in [3.05, 3.63) is 24.0 Å². The van der Waals surface area contributed by atoms with Gasteiger partial charge in [-0.05, 0) is 18.6 Å². The van der Waals surface area contributed by atoms with Gasteiger partial charge in [-0.15, -0.1) is 0 Å². The van der Waals surface area contributed by atoms with Crippen LogP contribution < -0.4 is 10.6 Å². The summed E-state index contributed by atoms with van der Waals surface area (Å²) in [7, 11) is 0. The lowest BCUT2D eigenvalue weighted by molar-refractivity contribution is -0.120. The summed E-state index contributed by atoms with van der Waals surface area (Å²) in [5, 5.41) is 14.6. The van der Waals surface area contributed by atoms with Gasteiger partial charge >= 0.3 is 0 Å². The number of carbonyl (C=O) groups excluding carboxylic acids is 1. The number of nitrogens with zero attached hydrogens (tertiary/aromatic N) is 2. The maximum atomic E-state index is 11.3. The molecule has 5 nitrogen and oxygen atoms in total. The van der Waals surface area contributed by atoms with Crippen LogP contribution >= 0.6 is 0 Å². The molecule has 90 valence electrons. The molecule has 0 saturated heterocycles. The number of nitriles is 1. The van der Waals surface area contributed by atoms with E-state index in [1.165, 1.54) is 0 Å². The van der Waals surface area contributed by atoms with Crippen molar-refractivity contribution < 1.29 is 4.79 Å². The molecule has 0 unspecified atom stereocenters. The lowest BCUT2D eigenvalue weighted by atomic mass is 10.3. The van der Waals surface area contributed by atoms with Gasteiger partial charge in [-0.2, -0.15) is 5.26 Å². The molecule has 5 heteroatoms. The van der Waals surface area contributed by atoms with Gasteiger partial charge in [0.1, 0.15) is 6.07 Å². The standard InChI is InChI=1S/C12H16N4O/c1-2-6-16-12(17)5-8-15-10-4-3-7-14-11(10)9-13/h3-4,7,15H,2,5-6,8H2,1H3,(H,16,17). The van der Waals surface area contributed by atoms with Crippen molar-refractivity contribution in [1.82, 2.24) is 10.3 Å². The van der Waals surface area contributed by atoms with Crippen molar-refractivity contribution in [2.24, 2.45) is 0 Å². The van der Waals surface area contributed by atoms with E-state index in [0.717, 1.165) is 6.42 Å². The minimum atomic E-state index is 0.0155. The van der Waals surface area contributed by atoms with E-state index < -0.39 is 0 Å². The van der Waals surface area contributed by atoms with Crippen LogP contribution in [-0.2, 0) is 4.79 Å². The number of anilines is 1. The van der Waals surface area contributed by atoms with Gasteiger partial charge in [0.15, 0.2) is 5.69 Å². The van der Waals surface area contributed by atoms with Gasteiger partial charge in [-0.3, -0.25) is 4.79 Å². The van der Waals surface area contributed by atoms with Crippen LogP contribution in [0.3, 0.4) is 0 Å². The molecule has 0 aliphatic carbocycles. The average molecular weight is 232 g/mol. The van der Waals surface area contributed by atoms with Crippen molar-refractivity contribution in [3.8, 4) is 6.07 Å². The molecule has 1 heterocycles. The summed E-state index contributed by atoms with van der Waals surface area (Å²) in [6, 6.07) is 5.52. The lowest BCUT2D eigenvalue weighted by Gasteiger charge is -2.07. The quantitative estimate of drug-likeness (QED) is 0.774. The van der Waals surface area contributed by atoms with Crippen molar-refractivity contribution in [2.45, 2.75) is 19.8 Å². The third kappa shape index (κ3) is 4.51. The molecule has 0 aromatic carbocycles. The first-order valence-corrected chi connectivity index (χ1v) is 5.63. The van der Waals surface area contributed by atoms with E-state index in [4.69, 9.17) is 5.26 Å². The maximum Gasteiger partial charge on any atom is 0.221 e. The number of rotatable bonds is 6. The Morgan fingerprint density at radius 1 is 1.53 bits per heavy atom. The molecule has 2 N–H and O–H groups in total. The molecule has 0 aliphatic heterocycles. The van der Waals surface area contributed by atoms with Crippen LogP contribution in [0.5, 0.6) is 0 Å². The summed E-state index contributed by atoms with van der Waals surface area (Å²) < 4.78 is 0. The Balaban J connectivity index is 2.36. The molecule has 0 bridgehead atoms. The molecular weight excluding hydrogens is 216 g/mol. The number of nitrogens with one attached hydrogen (secondary N) is 2. The van der Waals surface area contributed by atoms with Crippen LogP contribution in [0, 0.1) is 11.3 Å². The fourth-order valence-corrected chi connectivity index (χ4v) is 1.30. The number of amides is 1. The van der Waals surface area contributed by atoms with E-state index in [-0.39, 0.29) is 5.91 Å². The first-order valence-electron chi connectivity index (χ1n) is 5.63. The van der Waals surface area contributed by atoms with E-state index in [0.29, 0.717) is 30.9 Å². The largest absolute Gasteiger partial charge is 0.382 e. The predicted octanol–water partition coefficient (Wildman–Crippen LogP) is 1.28. The molecule has 0 aliphatic rings. The molecule has 0 atom stereocenters. The van der Waals surface area contributed by atoms with E-state index in [2.05, 4.69) is 15.6 Å². The number of carbonyl (C=O) groups is 1. The minimum Gasteiger partial charge on any atom is -0.382 e. The molecular formula is C12H16N4O. The molecule has 1 aromatic rings. The van der Waals surface area contributed by atoms with Crippen molar-refractivity contribution in [2.75, 3.05) is 18.4 Å². The van der Waals surface area contributed by atoms with E-state index in [1.807, 2.05) is 13.0 Å². The van der Waals surface area contributed by atoms with Crippen LogP contribution in [-0.4, -0.2) is 24.0 Å². The highest BCUT2D eigenvalue weighted by Crippen LogP contribution is 2.09. The van der Waals surface area contributed by atoms with Gasteiger partial charge in [0.2, 0.25) is 5.91 Å². The molecule has 1 amide bonds. The second-order valence-corrected chi connectivity index (χ2v) is 3.54. The highest BCUT2D eigenvalue weighted by Gasteiger charge is 2.03. The monoisotopic (exact) mass is 232 g/mol. The Bertz CT molecular complexity index is 411. The predicted molar refractivity (Wildman–Crippen MR) is 65.4 cm³/mol. The van der Waals surface area contributed by atoms with Crippen molar-refractivity contribution in [1.29, 1.82) is 5.26 Å². The average Bonchev–Trinajstić information content (AvgIpc) is 2.37. The highest BCUT2D eigenvalue weighted by atomic mass is 16.1. The summed E-state index contributed by atoms with van der Waals surface area (Å²) in [4.78, 5) is 15.2. The fourth-order valence-electron chi connectivity index (χ4n) is 1.30. The minimum absolute atomic E-state index is 0.0155. The SMILES string of the molecule is CCCNC(=O)CCNc1cccnc1C#N. The molecule has 1 rings (SSSR count). The third-order valence-corrected chi connectivity index (χ3v) is 2.15. The Kier molecular flexibility index (Phi) is 5.52. The zero-order valence-electron chi connectivity index (χ0n) is 9.86. The molecule has 0 saturated carbocycles. The normalized spacial score (nSPS) is 9.41. The van der Waals surface area contributed by atoms with Crippen LogP contribution in [0.4, 0.5) is 5.69 Å². The second-order valence-electron chi connectivity index (χ2n) is 3.54. The summed E-state index contributed by atoms with van der Waals surface area (Å²) in [6.07, 6.45) is 2.89.